The molecule has 2 aliphatic heterocycles. The smallest absolute Gasteiger partial charge is 0.237 e. The molecule has 28 heavy (non-hydrogen) atoms. The molecule has 4 rings (SSSR count). The van der Waals surface area contributed by atoms with E-state index in [-0.39, 0.29) is 15.6 Å². The normalized spacial score (nSPS) is 25.2. The van der Waals surface area contributed by atoms with Crippen LogP contribution in [0, 0.1) is 0 Å². The molecule has 2 fully saturated rings. The highest BCUT2D eigenvalue weighted by Crippen LogP contribution is 2.46. The van der Waals surface area contributed by atoms with Crippen LogP contribution in [0.15, 0.2) is 36.5 Å². The third-order valence-electron chi connectivity index (χ3n) is 5.88. The SMILES string of the molecule is CCCCC1(N2CCN(c3cc4ccccc4cn3)CC2)NC(=O)C(C)(C)S1. The van der Waals surface area contributed by atoms with Gasteiger partial charge in [0.1, 0.15) is 10.8 Å². The van der Waals surface area contributed by atoms with Crippen molar-refractivity contribution in [2.45, 2.75) is 49.8 Å². The predicted octanol–water partition coefficient (Wildman–Crippen LogP) is 3.84. The second-order valence-corrected chi connectivity index (χ2v) is 10.2. The number of carbonyl (C=O) groups is 1. The highest BCUT2D eigenvalue weighted by atomic mass is 32.2. The molecule has 0 saturated carbocycles. The molecular formula is C22H30N4OS. The van der Waals surface area contributed by atoms with Crippen LogP contribution < -0.4 is 10.2 Å². The number of fused-ring (bicyclic) bond motifs is 1. The topological polar surface area (TPSA) is 48.5 Å². The second-order valence-electron chi connectivity index (χ2n) is 8.32. The molecule has 1 aromatic heterocycles. The molecule has 1 aromatic carbocycles. The van der Waals surface area contributed by atoms with Gasteiger partial charge in [-0.15, -0.1) is 11.8 Å². The number of rotatable bonds is 5. The first-order chi connectivity index (χ1) is 13.4. The number of unbranched alkanes of at least 4 members (excludes halogenated alkanes) is 1. The molecule has 1 atom stereocenters. The van der Waals surface area contributed by atoms with E-state index in [1.807, 2.05) is 26.1 Å². The lowest BCUT2D eigenvalue weighted by Crippen LogP contribution is -2.60. The lowest BCUT2D eigenvalue weighted by molar-refractivity contribution is -0.124. The van der Waals surface area contributed by atoms with Gasteiger partial charge < -0.3 is 10.2 Å². The number of nitrogens with zero attached hydrogens (tertiary/aromatic N) is 3. The van der Waals surface area contributed by atoms with E-state index in [1.165, 1.54) is 10.8 Å². The van der Waals surface area contributed by atoms with Crippen molar-refractivity contribution in [3.63, 3.8) is 0 Å². The number of benzene rings is 1. The Morgan fingerprint density at radius 2 is 1.86 bits per heavy atom. The van der Waals surface area contributed by atoms with Crippen molar-refractivity contribution < 1.29 is 4.79 Å². The van der Waals surface area contributed by atoms with E-state index < -0.39 is 0 Å². The van der Waals surface area contributed by atoms with Crippen molar-refractivity contribution in [3.8, 4) is 0 Å². The monoisotopic (exact) mass is 398 g/mol. The number of thioether (sulfide) groups is 1. The fourth-order valence-corrected chi connectivity index (χ4v) is 5.88. The predicted molar refractivity (Wildman–Crippen MR) is 118 cm³/mol. The zero-order valence-electron chi connectivity index (χ0n) is 17.1. The van der Waals surface area contributed by atoms with Gasteiger partial charge in [-0.1, -0.05) is 37.6 Å². The number of pyridine rings is 1. The minimum Gasteiger partial charge on any atom is -0.354 e. The zero-order chi connectivity index (χ0) is 19.8. The fraction of sp³-hybridized carbons (Fsp3) is 0.545. The summed E-state index contributed by atoms with van der Waals surface area (Å²) in [6.45, 7) is 10.0. The van der Waals surface area contributed by atoms with E-state index in [9.17, 15) is 4.79 Å². The Balaban J connectivity index is 1.49. The van der Waals surface area contributed by atoms with E-state index in [4.69, 9.17) is 0 Å². The van der Waals surface area contributed by atoms with Crippen LogP contribution >= 0.6 is 11.8 Å². The Morgan fingerprint density at radius 1 is 1.14 bits per heavy atom. The summed E-state index contributed by atoms with van der Waals surface area (Å²) in [7, 11) is 0. The molecule has 1 N–H and O–H groups in total. The standard InChI is InChI=1S/C22H30N4OS/c1-4-5-10-22(24-20(27)21(2,3)28-22)26-13-11-25(12-14-26)19-15-17-8-6-7-9-18(17)16-23-19/h6-9,15-16H,4-5,10-14H2,1-3H3,(H,24,27). The Hall–Kier alpha value is -1.79. The lowest BCUT2D eigenvalue weighted by Gasteiger charge is -2.45. The Kier molecular flexibility index (Phi) is 5.27. The highest BCUT2D eigenvalue weighted by molar-refractivity contribution is 8.03. The molecular weight excluding hydrogens is 368 g/mol. The first-order valence-corrected chi connectivity index (χ1v) is 11.1. The van der Waals surface area contributed by atoms with Crippen LogP contribution in [0.5, 0.6) is 0 Å². The summed E-state index contributed by atoms with van der Waals surface area (Å²) in [5.41, 5.74) is 0. The van der Waals surface area contributed by atoms with Crippen LogP contribution in [0.25, 0.3) is 10.8 Å². The minimum atomic E-state index is -0.370. The van der Waals surface area contributed by atoms with Gasteiger partial charge in [0, 0.05) is 37.8 Å². The Bertz CT molecular complexity index is 862. The van der Waals surface area contributed by atoms with Crippen LogP contribution in [0.4, 0.5) is 5.82 Å². The molecule has 6 heteroatoms. The maximum absolute atomic E-state index is 12.5. The molecule has 5 nitrogen and oxygen atoms in total. The maximum Gasteiger partial charge on any atom is 0.237 e. The van der Waals surface area contributed by atoms with E-state index in [0.717, 1.165) is 51.3 Å². The third kappa shape index (κ3) is 3.60. The molecule has 2 aromatic rings. The summed E-state index contributed by atoms with van der Waals surface area (Å²) in [6.07, 6.45) is 5.22. The number of nitrogens with one attached hydrogen (secondary N) is 1. The minimum absolute atomic E-state index is 0.159. The van der Waals surface area contributed by atoms with E-state index in [0.29, 0.717) is 0 Å². The van der Waals surface area contributed by atoms with Crippen molar-refractivity contribution >= 4 is 34.3 Å². The summed E-state index contributed by atoms with van der Waals surface area (Å²) in [5.74, 6) is 1.21. The Labute approximate surface area is 171 Å². The number of anilines is 1. The molecule has 1 amide bonds. The summed E-state index contributed by atoms with van der Waals surface area (Å²) >= 11 is 1.80. The van der Waals surface area contributed by atoms with Crippen molar-refractivity contribution in [1.29, 1.82) is 0 Å². The Morgan fingerprint density at radius 3 is 2.50 bits per heavy atom. The van der Waals surface area contributed by atoms with Gasteiger partial charge in [-0.05, 0) is 38.1 Å². The highest BCUT2D eigenvalue weighted by Gasteiger charge is 2.52. The first-order valence-electron chi connectivity index (χ1n) is 10.3. The molecule has 0 bridgehead atoms. The van der Waals surface area contributed by atoms with Crippen LogP contribution in [-0.4, -0.2) is 51.7 Å². The van der Waals surface area contributed by atoms with Crippen molar-refractivity contribution in [2.24, 2.45) is 0 Å². The molecule has 2 saturated heterocycles. The summed E-state index contributed by atoms with van der Waals surface area (Å²) in [5, 5.41) is 5.76. The van der Waals surface area contributed by atoms with Crippen LogP contribution in [0.3, 0.4) is 0 Å². The first kappa shape index (κ1) is 19.5. The fourth-order valence-electron chi connectivity index (χ4n) is 4.20. The van der Waals surface area contributed by atoms with Gasteiger partial charge in [-0.25, -0.2) is 4.98 Å². The average Bonchev–Trinajstić information content (AvgIpc) is 2.95. The van der Waals surface area contributed by atoms with Crippen LogP contribution in [-0.2, 0) is 4.79 Å². The molecule has 0 aliphatic carbocycles. The number of piperazine rings is 1. The third-order valence-corrected chi connectivity index (χ3v) is 7.48. The largest absolute Gasteiger partial charge is 0.354 e. The number of hydrogen-bond acceptors (Lipinski definition) is 5. The quantitative estimate of drug-likeness (QED) is 0.829. The summed E-state index contributed by atoms with van der Waals surface area (Å²) < 4.78 is -0.370. The van der Waals surface area contributed by atoms with Gasteiger partial charge in [0.15, 0.2) is 0 Å². The van der Waals surface area contributed by atoms with Gasteiger partial charge >= 0.3 is 0 Å². The van der Waals surface area contributed by atoms with Crippen molar-refractivity contribution in [2.75, 3.05) is 31.1 Å². The van der Waals surface area contributed by atoms with Crippen molar-refractivity contribution in [3.05, 3.63) is 36.5 Å². The van der Waals surface area contributed by atoms with E-state index >= 15 is 0 Å². The summed E-state index contributed by atoms with van der Waals surface area (Å²) in [6, 6.07) is 10.6. The van der Waals surface area contributed by atoms with Gasteiger partial charge in [0.2, 0.25) is 5.91 Å². The number of carbonyl (C=O) groups excluding carboxylic acids is 1. The number of amides is 1. The van der Waals surface area contributed by atoms with E-state index in [2.05, 4.69) is 51.3 Å². The number of hydrogen-bond donors (Lipinski definition) is 1. The molecule has 0 radical (unpaired) electrons. The maximum atomic E-state index is 12.5. The van der Waals surface area contributed by atoms with Crippen LogP contribution in [0.2, 0.25) is 0 Å². The van der Waals surface area contributed by atoms with Gasteiger partial charge in [0.25, 0.3) is 0 Å². The van der Waals surface area contributed by atoms with Crippen LogP contribution in [0.1, 0.15) is 40.0 Å². The molecule has 3 heterocycles. The number of aromatic nitrogens is 1. The average molecular weight is 399 g/mol. The second kappa shape index (κ2) is 7.56. The molecule has 150 valence electrons. The zero-order valence-corrected chi connectivity index (χ0v) is 17.9. The molecule has 0 spiro atoms. The molecule has 2 aliphatic rings. The lowest BCUT2D eigenvalue weighted by atomic mass is 10.1. The van der Waals surface area contributed by atoms with Gasteiger partial charge in [-0.3, -0.25) is 9.69 Å². The van der Waals surface area contributed by atoms with E-state index in [1.54, 1.807) is 11.8 Å². The summed E-state index contributed by atoms with van der Waals surface area (Å²) in [4.78, 5) is 21.8. The van der Waals surface area contributed by atoms with Crippen molar-refractivity contribution in [1.82, 2.24) is 15.2 Å². The molecule has 1 unspecified atom stereocenters. The van der Waals surface area contributed by atoms with Gasteiger partial charge in [-0.2, -0.15) is 0 Å². The van der Waals surface area contributed by atoms with Gasteiger partial charge in [0.05, 0.1) is 4.75 Å².